The highest BCUT2D eigenvalue weighted by atomic mass is 16.5. The molecule has 0 aromatic heterocycles. The third-order valence-corrected chi connectivity index (χ3v) is 4.79. The first-order chi connectivity index (χ1) is 14.0. The lowest BCUT2D eigenvalue weighted by Gasteiger charge is -2.15. The third-order valence-electron chi connectivity index (χ3n) is 4.79. The second kappa shape index (κ2) is 11.9. The summed E-state index contributed by atoms with van der Waals surface area (Å²) in [5.41, 5.74) is 1.46. The first-order valence-corrected chi connectivity index (χ1v) is 10.5. The SMILES string of the molecule is CCCCCCOc1ccc(C(=O)Nc2ccccc2C(=O)NC(C)CC)cc1. The number of para-hydroxylation sites is 1. The van der Waals surface area contributed by atoms with Crippen molar-refractivity contribution in [2.75, 3.05) is 11.9 Å². The van der Waals surface area contributed by atoms with Crippen molar-refractivity contribution < 1.29 is 14.3 Å². The Morgan fingerprint density at radius 1 is 0.931 bits per heavy atom. The van der Waals surface area contributed by atoms with Crippen molar-refractivity contribution in [2.45, 2.75) is 58.9 Å². The van der Waals surface area contributed by atoms with E-state index in [1.165, 1.54) is 19.3 Å². The maximum absolute atomic E-state index is 12.6. The van der Waals surface area contributed by atoms with Crippen LogP contribution in [0.15, 0.2) is 48.5 Å². The zero-order valence-corrected chi connectivity index (χ0v) is 17.7. The number of rotatable bonds is 11. The number of ether oxygens (including phenoxy) is 1. The Bertz CT molecular complexity index is 787. The van der Waals surface area contributed by atoms with E-state index in [0.29, 0.717) is 23.4 Å². The van der Waals surface area contributed by atoms with Gasteiger partial charge >= 0.3 is 0 Å². The van der Waals surface area contributed by atoms with E-state index in [1.54, 1.807) is 48.5 Å². The molecule has 5 nitrogen and oxygen atoms in total. The molecule has 2 amide bonds. The lowest BCUT2D eigenvalue weighted by molar-refractivity contribution is 0.0940. The molecule has 5 heteroatoms. The Kier molecular flexibility index (Phi) is 9.22. The summed E-state index contributed by atoms with van der Waals surface area (Å²) in [6.45, 7) is 6.83. The van der Waals surface area contributed by atoms with Crippen LogP contribution < -0.4 is 15.4 Å². The molecule has 2 aromatic carbocycles. The standard InChI is InChI=1S/C24H32N2O3/c1-4-6-7-10-17-29-20-15-13-19(14-16-20)23(27)26-22-12-9-8-11-21(22)24(28)25-18(3)5-2/h8-9,11-16,18H,4-7,10,17H2,1-3H3,(H,25,28)(H,26,27). The van der Waals surface area contributed by atoms with Crippen molar-refractivity contribution in [3.05, 3.63) is 59.7 Å². The molecule has 1 unspecified atom stereocenters. The van der Waals surface area contributed by atoms with Crippen LogP contribution in [0, 0.1) is 0 Å². The number of carbonyl (C=O) groups excluding carboxylic acids is 2. The van der Waals surface area contributed by atoms with E-state index in [1.807, 2.05) is 13.8 Å². The lowest BCUT2D eigenvalue weighted by Crippen LogP contribution is -2.32. The average molecular weight is 397 g/mol. The highest BCUT2D eigenvalue weighted by Crippen LogP contribution is 2.18. The minimum Gasteiger partial charge on any atom is -0.494 e. The fourth-order valence-corrected chi connectivity index (χ4v) is 2.81. The zero-order valence-electron chi connectivity index (χ0n) is 17.7. The maximum Gasteiger partial charge on any atom is 0.255 e. The van der Waals surface area contributed by atoms with Gasteiger partial charge in [-0.2, -0.15) is 0 Å². The predicted molar refractivity (Wildman–Crippen MR) is 118 cm³/mol. The topological polar surface area (TPSA) is 67.4 Å². The molecule has 0 heterocycles. The summed E-state index contributed by atoms with van der Waals surface area (Å²) in [4.78, 5) is 25.1. The van der Waals surface area contributed by atoms with Crippen LogP contribution in [0.25, 0.3) is 0 Å². The third kappa shape index (κ3) is 7.26. The molecule has 156 valence electrons. The Balaban J connectivity index is 1.97. The van der Waals surface area contributed by atoms with Gasteiger partial charge in [0, 0.05) is 11.6 Å². The van der Waals surface area contributed by atoms with Crippen LogP contribution in [-0.4, -0.2) is 24.5 Å². The van der Waals surface area contributed by atoms with E-state index in [-0.39, 0.29) is 17.9 Å². The highest BCUT2D eigenvalue weighted by molar-refractivity contribution is 6.09. The fourth-order valence-electron chi connectivity index (χ4n) is 2.81. The number of hydrogen-bond donors (Lipinski definition) is 2. The molecule has 1 atom stereocenters. The van der Waals surface area contributed by atoms with Gasteiger partial charge in [0.15, 0.2) is 0 Å². The van der Waals surface area contributed by atoms with Crippen LogP contribution in [0.5, 0.6) is 5.75 Å². The second-order valence-corrected chi connectivity index (χ2v) is 7.22. The summed E-state index contributed by atoms with van der Waals surface area (Å²) in [6.07, 6.45) is 5.46. The van der Waals surface area contributed by atoms with Gasteiger partial charge in [-0.05, 0) is 56.2 Å². The molecule has 0 spiro atoms. The van der Waals surface area contributed by atoms with Crippen molar-refractivity contribution in [1.29, 1.82) is 0 Å². The van der Waals surface area contributed by atoms with Gasteiger partial charge in [-0.1, -0.05) is 45.2 Å². The molecule has 29 heavy (non-hydrogen) atoms. The summed E-state index contributed by atoms with van der Waals surface area (Å²) in [5, 5.41) is 5.78. The Morgan fingerprint density at radius 2 is 1.66 bits per heavy atom. The number of anilines is 1. The summed E-state index contributed by atoms with van der Waals surface area (Å²) in [7, 11) is 0. The van der Waals surface area contributed by atoms with Crippen LogP contribution >= 0.6 is 0 Å². The van der Waals surface area contributed by atoms with Crippen molar-refractivity contribution in [1.82, 2.24) is 5.32 Å². The molecule has 0 saturated heterocycles. The lowest BCUT2D eigenvalue weighted by atomic mass is 10.1. The summed E-state index contributed by atoms with van der Waals surface area (Å²) in [6, 6.07) is 14.2. The number of hydrogen-bond acceptors (Lipinski definition) is 3. The van der Waals surface area contributed by atoms with E-state index in [2.05, 4.69) is 17.6 Å². The van der Waals surface area contributed by atoms with Gasteiger partial charge in [0.1, 0.15) is 5.75 Å². The van der Waals surface area contributed by atoms with Gasteiger partial charge < -0.3 is 15.4 Å². The number of amides is 2. The monoisotopic (exact) mass is 396 g/mol. The first-order valence-electron chi connectivity index (χ1n) is 10.5. The number of nitrogens with one attached hydrogen (secondary N) is 2. The summed E-state index contributed by atoms with van der Waals surface area (Å²) >= 11 is 0. The van der Waals surface area contributed by atoms with Gasteiger partial charge in [0.05, 0.1) is 17.9 Å². The summed E-state index contributed by atoms with van der Waals surface area (Å²) in [5.74, 6) is 0.303. The molecule has 2 N–H and O–H groups in total. The van der Waals surface area contributed by atoms with Gasteiger partial charge in [-0.15, -0.1) is 0 Å². The van der Waals surface area contributed by atoms with Gasteiger partial charge in [-0.3, -0.25) is 9.59 Å². The van der Waals surface area contributed by atoms with Gasteiger partial charge in [0.25, 0.3) is 11.8 Å². The molecule has 0 radical (unpaired) electrons. The molecule has 0 saturated carbocycles. The molecule has 2 aromatic rings. The van der Waals surface area contributed by atoms with Gasteiger partial charge in [0.2, 0.25) is 0 Å². The van der Waals surface area contributed by atoms with Crippen LogP contribution in [0.3, 0.4) is 0 Å². The van der Waals surface area contributed by atoms with Crippen molar-refractivity contribution in [2.24, 2.45) is 0 Å². The number of unbranched alkanes of at least 4 members (excludes halogenated alkanes) is 3. The molecule has 2 rings (SSSR count). The van der Waals surface area contributed by atoms with Crippen molar-refractivity contribution in [3.63, 3.8) is 0 Å². The molecular weight excluding hydrogens is 364 g/mol. The fraction of sp³-hybridized carbons (Fsp3) is 0.417. The minimum absolute atomic E-state index is 0.0702. The molecule has 0 bridgehead atoms. The minimum atomic E-state index is -0.261. The number of benzene rings is 2. The molecule has 0 aliphatic carbocycles. The Hall–Kier alpha value is -2.82. The van der Waals surface area contributed by atoms with E-state index in [9.17, 15) is 9.59 Å². The quantitative estimate of drug-likeness (QED) is 0.498. The normalized spacial score (nSPS) is 11.6. The van der Waals surface area contributed by atoms with E-state index >= 15 is 0 Å². The molecule has 0 aliphatic rings. The smallest absolute Gasteiger partial charge is 0.255 e. The maximum atomic E-state index is 12.6. The average Bonchev–Trinajstić information content (AvgIpc) is 2.74. The van der Waals surface area contributed by atoms with Crippen LogP contribution in [0.4, 0.5) is 5.69 Å². The Labute approximate surface area is 173 Å². The molecule has 0 aliphatic heterocycles. The van der Waals surface area contributed by atoms with Crippen LogP contribution in [0.1, 0.15) is 73.6 Å². The van der Waals surface area contributed by atoms with Crippen LogP contribution in [-0.2, 0) is 0 Å². The molecular formula is C24H32N2O3. The van der Waals surface area contributed by atoms with Crippen molar-refractivity contribution in [3.8, 4) is 5.75 Å². The summed E-state index contributed by atoms with van der Waals surface area (Å²) < 4.78 is 5.72. The predicted octanol–water partition coefficient (Wildman–Crippen LogP) is 5.43. The first kappa shape index (κ1) is 22.5. The van der Waals surface area contributed by atoms with E-state index in [4.69, 9.17) is 4.74 Å². The van der Waals surface area contributed by atoms with E-state index < -0.39 is 0 Å². The van der Waals surface area contributed by atoms with Gasteiger partial charge in [-0.25, -0.2) is 0 Å². The van der Waals surface area contributed by atoms with E-state index in [0.717, 1.165) is 18.6 Å². The zero-order chi connectivity index (χ0) is 21.1. The second-order valence-electron chi connectivity index (χ2n) is 7.22. The number of carbonyl (C=O) groups is 2. The largest absolute Gasteiger partial charge is 0.494 e. The Morgan fingerprint density at radius 3 is 2.34 bits per heavy atom. The van der Waals surface area contributed by atoms with Crippen LogP contribution in [0.2, 0.25) is 0 Å². The van der Waals surface area contributed by atoms with Crippen molar-refractivity contribution >= 4 is 17.5 Å². The molecule has 0 fully saturated rings. The highest BCUT2D eigenvalue weighted by Gasteiger charge is 2.15.